The highest BCUT2D eigenvalue weighted by molar-refractivity contribution is 5.71. The van der Waals surface area contributed by atoms with Gasteiger partial charge in [-0.05, 0) is 30.5 Å². The van der Waals surface area contributed by atoms with Gasteiger partial charge < -0.3 is 15.9 Å². The maximum absolute atomic E-state index is 10.1. The van der Waals surface area contributed by atoms with Crippen molar-refractivity contribution < 1.29 is 10.2 Å². The number of nitrogens with two attached hydrogens (primary N) is 1. The predicted octanol–water partition coefficient (Wildman–Crippen LogP) is 1.61. The molecule has 0 fully saturated rings. The first-order valence-electron chi connectivity index (χ1n) is 6.77. The van der Waals surface area contributed by atoms with Gasteiger partial charge in [0, 0.05) is 24.2 Å². The van der Waals surface area contributed by atoms with Gasteiger partial charge in [-0.15, -0.1) is 0 Å². The smallest absolute Gasteiger partial charge is 0.149 e. The molecule has 0 bridgehead atoms. The van der Waals surface area contributed by atoms with E-state index in [-0.39, 0.29) is 18.4 Å². The van der Waals surface area contributed by atoms with Crippen molar-refractivity contribution in [2.75, 3.05) is 12.3 Å². The summed E-state index contributed by atoms with van der Waals surface area (Å²) in [6, 6.07) is 1.86. The Morgan fingerprint density at radius 3 is 2.85 bits per heavy atom. The lowest BCUT2D eigenvalue weighted by Crippen LogP contribution is -2.21. The number of aliphatic imine (C=N–C) groups is 1. The van der Waals surface area contributed by atoms with Crippen molar-refractivity contribution in [3.63, 3.8) is 0 Å². The molecule has 5 nitrogen and oxygen atoms in total. The van der Waals surface area contributed by atoms with Gasteiger partial charge in [0.2, 0.25) is 0 Å². The predicted molar refractivity (Wildman–Crippen MR) is 80.0 cm³/mol. The van der Waals surface area contributed by atoms with Gasteiger partial charge in [-0.2, -0.15) is 0 Å². The van der Waals surface area contributed by atoms with Gasteiger partial charge in [0.05, 0.1) is 12.7 Å². The van der Waals surface area contributed by atoms with Gasteiger partial charge in [0.15, 0.2) is 0 Å². The lowest BCUT2D eigenvalue weighted by Gasteiger charge is -2.16. The molecular weight excluding hydrogens is 254 g/mol. The summed E-state index contributed by atoms with van der Waals surface area (Å²) in [5.74, 6) is 0.408. The van der Waals surface area contributed by atoms with Gasteiger partial charge in [-0.3, -0.25) is 4.99 Å². The van der Waals surface area contributed by atoms with Gasteiger partial charge in [0.25, 0.3) is 0 Å². The Kier molecular flexibility index (Phi) is 4.52. The molecule has 1 aliphatic rings. The van der Waals surface area contributed by atoms with Gasteiger partial charge in [-0.1, -0.05) is 13.0 Å². The third-order valence-corrected chi connectivity index (χ3v) is 3.90. The fourth-order valence-electron chi connectivity index (χ4n) is 2.52. The number of aliphatic hydroxyl groups excluding tert-OH is 2. The lowest BCUT2D eigenvalue weighted by molar-refractivity contribution is 0.105. The van der Waals surface area contributed by atoms with E-state index in [1.807, 2.05) is 26.0 Å². The molecular formula is C15H21N3O2. The molecule has 5 heteroatoms. The topological polar surface area (TPSA) is 91.7 Å². The average molecular weight is 275 g/mol. The van der Waals surface area contributed by atoms with Crippen LogP contribution in [0.3, 0.4) is 0 Å². The lowest BCUT2D eigenvalue weighted by atomic mass is 9.96. The Morgan fingerprint density at radius 1 is 1.50 bits per heavy atom. The Balaban J connectivity index is 2.06. The summed E-state index contributed by atoms with van der Waals surface area (Å²) in [6.45, 7) is 3.86. The Hall–Kier alpha value is -1.72. The largest absolute Gasteiger partial charge is 0.392 e. The molecule has 1 aliphatic carbocycles. The molecule has 1 heterocycles. The molecule has 0 aliphatic heterocycles. The van der Waals surface area contributed by atoms with E-state index in [1.54, 1.807) is 12.4 Å². The Labute approximate surface area is 118 Å². The van der Waals surface area contributed by atoms with Crippen LogP contribution in [0.25, 0.3) is 0 Å². The number of anilines is 1. The van der Waals surface area contributed by atoms with Crippen LogP contribution < -0.4 is 5.73 Å². The molecule has 1 aromatic rings. The van der Waals surface area contributed by atoms with E-state index < -0.39 is 6.10 Å². The Bertz CT molecular complexity index is 520. The molecule has 108 valence electrons. The summed E-state index contributed by atoms with van der Waals surface area (Å²) < 4.78 is 0. The summed E-state index contributed by atoms with van der Waals surface area (Å²) in [5, 5.41) is 19.3. The van der Waals surface area contributed by atoms with Gasteiger partial charge in [-0.25, -0.2) is 4.98 Å². The molecule has 20 heavy (non-hydrogen) atoms. The zero-order valence-electron chi connectivity index (χ0n) is 11.8. The molecule has 0 saturated heterocycles. The second-order valence-corrected chi connectivity index (χ2v) is 5.25. The number of hydrogen-bond donors (Lipinski definition) is 3. The highest BCUT2D eigenvalue weighted by Gasteiger charge is 2.31. The van der Waals surface area contributed by atoms with Crippen molar-refractivity contribution >= 4 is 17.7 Å². The van der Waals surface area contributed by atoms with Gasteiger partial charge in [0.1, 0.15) is 11.5 Å². The molecule has 0 unspecified atom stereocenters. The van der Waals surface area contributed by atoms with E-state index in [0.717, 1.165) is 11.1 Å². The highest BCUT2D eigenvalue weighted by atomic mass is 16.3. The summed E-state index contributed by atoms with van der Waals surface area (Å²) >= 11 is 0. The van der Waals surface area contributed by atoms with Crippen LogP contribution in [-0.4, -0.2) is 34.1 Å². The van der Waals surface area contributed by atoms with Crippen LogP contribution in [0, 0.1) is 18.8 Å². The summed E-state index contributed by atoms with van der Waals surface area (Å²) in [6.07, 6.45) is 5.51. The van der Waals surface area contributed by atoms with Crippen molar-refractivity contribution in [3.05, 3.63) is 29.5 Å². The van der Waals surface area contributed by atoms with E-state index in [2.05, 4.69) is 9.98 Å². The van der Waals surface area contributed by atoms with Crippen molar-refractivity contribution in [2.24, 2.45) is 16.8 Å². The van der Waals surface area contributed by atoms with E-state index in [0.29, 0.717) is 17.9 Å². The standard InChI is InChI=1S/C15H21N3O2/c1-9-3-5-18-15(16)13(9)17-6-4-11-7-12(8-19)10(2)14(11)20/h3,5-7,10-11,14,19-20H,4,8H2,1-2H3,(H2,16,18)/b17-6-/t10-,11-,14-/m1/s1. The number of aryl methyl sites for hydroxylation is 1. The minimum absolute atomic E-state index is 0.000527. The molecule has 2 rings (SSSR count). The molecule has 4 N–H and O–H groups in total. The minimum Gasteiger partial charge on any atom is -0.392 e. The van der Waals surface area contributed by atoms with Crippen molar-refractivity contribution in [3.8, 4) is 0 Å². The number of pyridine rings is 1. The van der Waals surface area contributed by atoms with Crippen LogP contribution in [0.2, 0.25) is 0 Å². The zero-order valence-corrected chi connectivity index (χ0v) is 11.8. The fourth-order valence-corrected chi connectivity index (χ4v) is 2.52. The fraction of sp³-hybridized carbons (Fsp3) is 0.467. The molecule has 3 atom stereocenters. The van der Waals surface area contributed by atoms with Gasteiger partial charge >= 0.3 is 0 Å². The number of rotatable bonds is 4. The third-order valence-electron chi connectivity index (χ3n) is 3.90. The highest BCUT2D eigenvalue weighted by Crippen LogP contribution is 2.32. The number of aromatic nitrogens is 1. The van der Waals surface area contributed by atoms with Crippen LogP contribution in [0.5, 0.6) is 0 Å². The minimum atomic E-state index is -0.462. The summed E-state index contributed by atoms with van der Waals surface area (Å²) in [4.78, 5) is 8.38. The first kappa shape index (κ1) is 14.7. The Morgan fingerprint density at radius 2 is 2.25 bits per heavy atom. The van der Waals surface area contributed by atoms with Crippen LogP contribution in [0.1, 0.15) is 18.9 Å². The van der Waals surface area contributed by atoms with Crippen molar-refractivity contribution in [2.45, 2.75) is 26.4 Å². The first-order chi connectivity index (χ1) is 9.54. The quantitative estimate of drug-likeness (QED) is 0.575. The molecule has 1 aromatic heterocycles. The van der Waals surface area contributed by atoms with Crippen LogP contribution in [0.4, 0.5) is 11.5 Å². The molecule has 0 spiro atoms. The van der Waals surface area contributed by atoms with Crippen molar-refractivity contribution in [1.82, 2.24) is 4.98 Å². The van der Waals surface area contributed by atoms with Crippen molar-refractivity contribution in [1.29, 1.82) is 0 Å². The number of hydrogen-bond acceptors (Lipinski definition) is 5. The number of nitrogen functional groups attached to an aromatic ring is 1. The van der Waals surface area contributed by atoms with E-state index in [1.165, 1.54) is 0 Å². The summed E-state index contributed by atoms with van der Waals surface area (Å²) in [7, 11) is 0. The van der Waals surface area contributed by atoms with E-state index >= 15 is 0 Å². The average Bonchev–Trinajstić information content (AvgIpc) is 2.70. The number of nitrogens with zero attached hydrogens (tertiary/aromatic N) is 2. The normalized spacial score (nSPS) is 26.2. The third kappa shape index (κ3) is 2.89. The molecule has 0 radical (unpaired) electrons. The molecule has 0 saturated carbocycles. The maximum atomic E-state index is 10.1. The van der Waals surface area contributed by atoms with E-state index in [4.69, 9.17) is 5.73 Å². The summed E-state index contributed by atoms with van der Waals surface area (Å²) in [5.41, 5.74) is 8.34. The maximum Gasteiger partial charge on any atom is 0.149 e. The monoisotopic (exact) mass is 275 g/mol. The second-order valence-electron chi connectivity index (χ2n) is 5.25. The molecule has 0 amide bonds. The van der Waals surface area contributed by atoms with E-state index in [9.17, 15) is 10.2 Å². The van der Waals surface area contributed by atoms with Crippen LogP contribution >= 0.6 is 0 Å². The van der Waals surface area contributed by atoms with Crippen LogP contribution in [-0.2, 0) is 0 Å². The molecule has 0 aromatic carbocycles. The van der Waals surface area contributed by atoms with Crippen LogP contribution in [0.15, 0.2) is 28.9 Å². The first-order valence-corrected chi connectivity index (χ1v) is 6.77. The SMILES string of the molecule is Cc1ccnc(N)c1/N=C\C[C@@H]1C=C(CO)[C@@H](C)[C@H]1O. The zero-order chi connectivity index (χ0) is 14.7. The number of aliphatic hydroxyl groups is 2. The second kappa shape index (κ2) is 6.15.